The molecule has 1 aromatic heterocycles. The SMILES string of the molecule is CN1CCCCC12CCN(c1cc(C#N)cnn1)CC2. The minimum Gasteiger partial charge on any atom is -0.355 e. The highest BCUT2D eigenvalue weighted by atomic mass is 15.3. The fourth-order valence-corrected chi connectivity index (χ4v) is 3.59. The van der Waals surface area contributed by atoms with Crippen LogP contribution in [0, 0.1) is 11.3 Å². The maximum absolute atomic E-state index is 8.95. The summed E-state index contributed by atoms with van der Waals surface area (Å²) in [4.78, 5) is 4.83. The molecule has 5 heteroatoms. The third-order valence-electron chi connectivity index (χ3n) is 4.98. The van der Waals surface area contributed by atoms with E-state index in [1.165, 1.54) is 44.8 Å². The van der Waals surface area contributed by atoms with Crippen molar-refractivity contribution in [3.8, 4) is 6.07 Å². The summed E-state index contributed by atoms with van der Waals surface area (Å²) >= 11 is 0. The Labute approximate surface area is 120 Å². The summed E-state index contributed by atoms with van der Waals surface area (Å²) in [6.45, 7) is 3.24. The van der Waals surface area contributed by atoms with Gasteiger partial charge in [0.1, 0.15) is 6.07 Å². The fraction of sp³-hybridized carbons (Fsp3) is 0.667. The number of hydrogen-bond acceptors (Lipinski definition) is 5. The van der Waals surface area contributed by atoms with Gasteiger partial charge in [-0.3, -0.25) is 0 Å². The molecule has 2 saturated heterocycles. The molecule has 0 bridgehead atoms. The number of anilines is 1. The molecule has 0 atom stereocenters. The maximum atomic E-state index is 8.95. The molecule has 20 heavy (non-hydrogen) atoms. The third-order valence-corrected chi connectivity index (χ3v) is 4.98. The molecule has 0 N–H and O–H groups in total. The molecule has 5 nitrogen and oxygen atoms in total. The zero-order valence-electron chi connectivity index (χ0n) is 12.0. The van der Waals surface area contributed by atoms with Crippen LogP contribution in [-0.2, 0) is 0 Å². The first-order valence-electron chi connectivity index (χ1n) is 7.43. The highest BCUT2D eigenvalue weighted by Crippen LogP contribution is 2.36. The van der Waals surface area contributed by atoms with E-state index in [2.05, 4.69) is 33.1 Å². The van der Waals surface area contributed by atoms with Crippen LogP contribution >= 0.6 is 0 Å². The average Bonchev–Trinajstić information content (AvgIpc) is 2.51. The van der Waals surface area contributed by atoms with Gasteiger partial charge in [-0.25, -0.2) is 0 Å². The summed E-state index contributed by atoms with van der Waals surface area (Å²) in [6.07, 6.45) is 7.89. The van der Waals surface area contributed by atoms with Crippen molar-refractivity contribution < 1.29 is 0 Å². The van der Waals surface area contributed by atoms with Gasteiger partial charge in [0.25, 0.3) is 0 Å². The highest BCUT2D eigenvalue weighted by molar-refractivity contribution is 5.43. The van der Waals surface area contributed by atoms with Crippen molar-refractivity contribution in [1.29, 1.82) is 5.26 Å². The van der Waals surface area contributed by atoms with Crippen molar-refractivity contribution in [1.82, 2.24) is 15.1 Å². The number of hydrogen-bond donors (Lipinski definition) is 0. The summed E-state index contributed by atoms with van der Waals surface area (Å²) in [5.74, 6) is 0.845. The number of nitriles is 1. The molecular formula is C15H21N5. The van der Waals surface area contributed by atoms with Crippen LogP contribution in [0.4, 0.5) is 5.82 Å². The fourth-order valence-electron chi connectivity index (χ4n) is 3.59. The summed E-state index contributed by atoms with van der Waals surface area (Å²) in [5.41, 5.74) is 0.986. The lowest BCUT2D eigenvalue weighted by atomic mass is 9.79. The molecule has 1 aromatic rings. The van der Waals surface area contributed by atoms with Gasteiger partial charge in [0.05, 0.1) is 11.8 Å². The van der Waals surface area contributed by atoms with Gasteiger partial charge in [-0.15, -0.1) is 5.10 Å². The molecular weight excluding hydrogens is 250 g/mol. The third kappa shape index (κ3) is 2.36. The molecule has 2 fully saturated rings. The Kier molecular flexibility index (Phi) is 3.58. The molecule has 106 valence electrons. The van der Waals surface area contributed by atoms with Gasteiger partial charge in [-0.05, 0) is 39.3 Å². The molecule has 0 unspecified atom stereocenters. The lowest BCUT2D eigenvalue weighted by Crippen LogP contribution is -2.56. The van der Waals surface area contributed by atoms with Crippen LogP contribution in [0.5, 0.6) is 0 Å². The normalized spacial score (nSPS) is 22.7. The van der Waals surface area contributed by atoms with Crippen molar-refractivity contribution in [3.05, 3.63) is 17.8 Å². The predicted octanol–water partition coefficient (Wildman–Crippen LogP) is 1.80. The molecule has 0 saturated carbocycles. The van der Waals surface area contributed by atoms with Gasteiger partial charge < -0.3 is 9.80 Å². The Hall–Kier alpha value is -1.67. The standard InChI is InChI=1S/C15H21N5/c1-19-7-3-2-4-15(19)5-8-20(9-6-15)14-10-13(11-16)12-17-18-14/h10,12H,2-9H2,1H3. The molecule has 2 aliphatic heterocycles. The van der Waals surface area contributed by atoms with E-state index in [0.717, 1.165) is 18.9 Å². The van der Waals surface area contributed by atoms with E-state index in [1.807, 2.05) is 6.07 Å². The largest absolute Gasteiger partial charge is 0.355 e. The van der Waals surface area contributed by atoms with E-state index in [4.69, 9.17) is 5.26 Å². The number of rotatable bonds is 1. The summed E-state index contributed by atoms with van der Waals surface area (Å²) in [7, 11) is 2.27. The molecule has 0 aliphatic carbocycles. The Bertz CT molecular complexity index is 513. The molecule has 0 amide bonds. The second-order valence-electron chi connectivity index (χ2n) is 6.00. The van der Waals surface area contributed by atoms with Gasteiger partial charge in [-0.2, -0.15) is 10.4 Å². The van der Waals surface area contributed by atoms with Crippen molar-refractivity contribution in [2.75, 3.05) is 31.6 Å². The average molecular weight is 271 g/mol. The second-order valence-corrected chi connectivity index (χ2v) is 6.00. The summed E-state index contributed by atoms with van der Waals surface area (Å²) < 4.78 is 0. The van der Waals surface area contributed by atoms with E-state index >= 15 is 0 Å². The maximum Gasteiger partial charge on any atom is 0.152 e. The molecule has 1 spiro atoms. The van der Waals surface area contributed by atoms with Gasteiger partial charge in [0.2, 0.25) is 0 Å². The topological polar surface area (TPSA) is 56.0 Å². The summed E-state index contributed by atoms with van der Waals surface area (Å²) in [6, 6.07) is 3.98. The number of piperidine rings is 2. The Morgan fingerprint density at radius 1 is 1.20 bits per heavy atom. The first-order valence-corrected chi connectivity index (χ1v) is 7.43. The van der Waals surface area contributed by atoms with Gasteiger partial charge in [0.15, 0.2) is 5.82 Å². The minimum atomic E-state index is 0.398. The van der Waals surface area contributed by atoms with Gasteiger partial charge in [0, 0.05) is 24.7 Å². The van der Waals surface area contributed by atoms with Crippen molar-refractivity contribution >= 4 is 5.82 Å². The monoisotopic (exact) mass is 271 g/mol. The molecule has 0 aromatic carbocycles. The zero-order chi connectivity index (χ0) is 14.0. The van der Waals surface area contributed by atoms with Gasteiger partial charge in [-0.1, -0.05) is 6.42 Å². The van der Waals surface area contributed by atoms with Crippen LogP contribution in [-0.4, -0.2) is 47.3 Å². The van der Waals surface area contributed by atoms with Gasteiger partial charge >= 0.3 is 0 Å². The first kappa shape index (κ1) is 13.3. The first-order chi connectivity index (χ1) is 9.73. The number of aromatic nitrogens is 2. The molecule has 0 radical (unpaired) electrons. The van der Waals surface area contributed by atoms with Crippen molar-refractivity contribution in [2.45, 2.75) is 37.6 Å². The number of nitrogens with zero attached hydrogens (tertiary/aromatic N) is 5. The highest BCUT2D eigenvalue weighted by Gasteiger charge is 2.39. The second kappa shape index (κ2) is 5.37. The molecule has 3 rings (SSSR count). The quantitative estimate of drug-likeness (QED) is 0.779. The van der Waals surface area contributed by atoms with E-state index in [-0.39, 0.29) is 0 Å². The number of likely N-dealkylation sites (tertiary alicyclic amines) is 1. The minimum absolute atomic E-state index is 0.398. The van der Waals surface area contributed by atoms with Crippen LogP contribution in [0.25, 0.3) is 0 Å². The lowest BCUT2D eigenvalue weighted by Gasteiger charge is -2.50. The van der Waals surface area contributed by atoms with Crippen LogP contribution in [0.3, 0.4) is 0 Å². The van der Waals surface area contributed by atoms with E-state index < -0.39 is 0 Å². The van der Waals surface area contributed by atoms with Crippen LogP contribution < -0.4 is 4.90 Å². The Morgan fingerprint density at radius 3 is 2.70 bits per heavy atom. The van der Waals surface area contributed by atoms with E-state index in [0.29, 0.717) is 11.1 Å². The van der Waals surface area contributed by atoms with Crippen LogP contribution in [0.15, 0.2) is 12.3 Å². The van der Waals surface area contributed by atoms with E-state index in [1.54, 1.807) is 0 Å². The Morgan fingerprint density at radius 2 is 2.00 bits per heavy atom. The molecule has 2 aliphatic rings. The van der Waals surface area contributed by atoms with Crippen LogP contribution in [0.2, 0.25) is 0 Å². The van der Waals surface area contributed by atoms with E-state index in [9.17, 15) is 0 Å². The van der Waals surface area contributed by atoms with Crippen molar-refractivity contribution in [2.24, 2.45) is 0 Å². The van der Waals surface area contributed by atoms with Crippen molar-refractivity contribution in [3.63, 3.8) is 0 Å². The Balaban J connectivity index is 1.70. The predicted molar refractivity (Wildman–Crippen MR) is 77.4 cm³/mol. The smallest absolute Gasteiger partial charge is 0.152 e. The molecule has 3 heterocycles. The summed E-state index contributed by atoms with van der Waals surface area (Å²) in [5, 5.41) is 17.1. The zero-order valence-corrected chi connectivity index (χ0v) is 12.0. The van der Waals surface area contributed by atoms with Crippen LogP contribution in [0.1, 0.15) is 37.7 Å². The lowest BCUT2D eigenvalue weighted by molar-refractivity contribution is 0.0494.